The third-order valence-corrected chi connectivity index (χ3v) is 1.82. The Hall–Kier alpha value is -1.50. The first-order valence-electron chi connectivity index (χ1n) is 4.52. The van der Waals surface area contributed by atoms with Crippen molar-refractivity contribution in [1.29, 1.82) is 0 Å². The van der Waals surface area contributed by atoms with Gasteiger partial charge in [0.15, 0.2) is 6.67 Å². The van der Waals surface area contributed by atoms with Crippen LogP contribution in [0.4, 0.5) is 8.78 Å². The summed E-state index contributed by atoms with van der Waals surface area (Å²) in [6.45, 7) is 4.72. The Morgan fingerprint density at radius 3 is 2.53 bits per heavy atom. The van der Waals surface area contributed by atoms with Gasteiger partial charge in [-0.05, 0) is 11.3 Å². The average Bonchev–Trinajstić information content (AvgIpc) is 2.12. The van der Waals surface area contributed by atoms with Crippen molar-refractivity contribution in [2.24, 2.45) is 0 Å². The van der Waals surface area contributed by atoms with Crippen molar-refractivity contribution in [2.45, 2.75) is 26.2 Å². The lowest BCUT2D eigenvalue weighted by molar-refractivity contribution is 0.492. The molecule has 0 amide bonds. The van der Waals surface area contributed by atoms with E-state index in [1.165, 1.54) is 0 Å². The predicted molar refractivity (Wildman–Crippen MR) is 53.5 cm³/mol. The van der Waals surface area contributed by atoms with Crippen LogP contribution in [0.5, 0.6) is 0 Å². The predicted octanol–water partition coefficient (Wildman–Crippen LogP) is 2.23. The summed E-state index contributed by atoms with van der Waals surface area (Å²) in [5.74, 6) is 4.13. The summed E-state index contributed by atoms with van der Waals surface area (Å²) in [6, 6.07) is 0. The van der Waals surface area contributed by atoms with Crippen LogP contribution in [0, 0.1) is 17.8 Å². The summed E-state index contributed by atoms with van der Waals surface area (Å²) in [5, 5.41) is 0. The van der Waals surface area contributed by atoms with E-state index in [4.69, 9.17) is 0 Å². The zero-order chi connectivity index (χ0) is 11.5. The van der Waals surface area contributed by atoms with Crippen molar-refractivity contribution < 1.29 is 8.78 Å². The summed E-state index contributed by atoms with van der Waals surface area (Å²) in [6.07, 6.45) is 1.09. The van der Waals surface area contributed by atoms with Crippen molar-refractivity contribution in [2.75, 3.05) is 6.67 Å². The minimum absolute atomic E-state index is 0.257. The maximum absolute atomic E-state index is 13.5. The number of hydrogen-bond acceptors (Lipinski definition) is 2. The van der Waals surface area contributed by atoms with Gasteiger partial charge >= 0.3 is 0 Å². The van der Waals surface area contributed by atoms with Crippen LogP contribution >= 0.6 is 0 Å². The molecular weight excluding hydrogens is 198 g/mol. The van der Waals surface area contributed by atoms with E-state index < -0.39 is 18.0 Å². The quantitative estimate of drug-likeness (QED) is 0.484. The highest BCUT2D eigenvalue weighted by atomic mass is 19.1. The normalized spacial score (nSPS) is 10.7. The first-order valence-corrected chi connectivity index (χ1v) is 4.52. The molecular formula is C11H12F2N2. The van der Waals surface area contributed by atoms with Crippen molar-refractivity contribution in [3.05, 3.63) is 23.5 Å². The van der Waals surface area contributed by atoms with Gasteiger partial charge in [0.1, 0.15) is 12.0 Å². The van der Waals surface area contributed by atoms with Crippen molar-refractivity contribution in [3.63, 3.8) is 0 Å². The lowest BCUT2D eigenvalue weighted by Gasteiger charge is -2.19. The van der Waals surface area contributed by atoms with Gasteiger partial charge in [0, 0.05) is 5.56 Å². The van der Waals surface area contributed by atoms with Gasteiger partial charge in [-0.3, -0.25) is 0 Å². The second-order valence-electron chi connectivity index (χ2n) is 4.07. The molecule has 0 aliphatic carbocycles. The van der Waals surface area contributed by atoms with Crippen molar-refractivity contribution in [3.8, 4) is 11.8 Å². The summed E-state index contributed by atoms with van der Waals surface area (Å²) in [4.78, 5) is 7.33. The Balaban J connectivity index is 3.33. The molecule has 2 nitrogen and oxygen atoms in total. The Morgan fingerprint density at radius 1 is 1.33 bits per heavy atom. The molecule has 0 unspecified atom stereocenters. The molecule has 0 aromatic carbocycles. The SMILES string of the molecule is CC(C)(C)c1c(F)ncnc1C#CCF. The summed E-state index contributed by atoms with van der Waals surface area (Å²) < 4.78 is 25.4. The van der Waals surface area contributed by atoms with E-state index in [2.05, 4.69) is 21.8 Å². The third kappa shape index (κ3) is 2.72. The van der Waals surface area contributed by atoms with Crippen LogP contribution in [0.1, 0.15) is 32.0 Å². The third-order valence-electron chi connectivity index (χ3n) is 1.82. The topological polar surface area (TPSA) is 25.8 Å². The highest BCUT2D eigenvalue weighted by molar-refractivity contribution is 5.38. The van der Waals surface area contributed by atoms with E-state index >= 15 is 0 Å². The fourth-order valence-electron chi connectivity index (χ4n) is 1.24. The molecule has 0 spiro atoms. The van der Waals surface area contributed by atoms with Crippen molar-refractivity contribution >= 4 is 0 Å². The molecule has 80 valence electrons. The number of aromatic nitrogens is 2. The largest absolute Gasteiger partial charge is 0.237 e. The lowest BCUT2D eigenvalue weighted by atomic mass is 9.86. The average molecular weight is 210 g/mol. The van der Waals surface area contributed by atoms with Gasteiger partial charge in [0.25, 0.3) is 0 Å². The smallest absolute Gasteiger partial charge is 0.220 e. The molecule has 0 radical (unpaired) electrons. The number of hydrogen-bond donors (Lipinski definition) is 0. The van der Waals surface area contributed by atoms with Gasteiger partial charge in [-0.2, -0.15) is 4.39 Å². The minimum atomic E-state index is -0.769. The molecule has 0 atom stereocenters. The van der Waals surface area contributed by atoms with Crippen molar-refractivity contribution in [1.82, 2.24) is 9.97 Å². The van der Waals surface area contributed by atoms with E-state index in [9.17, 15) is 8.78 Å². The van der Waals surface area contributed by atoms with E-state index in [0.717, 1.165) is 6.33 Å². The maximum atomic E-state index is 13.5. The summed E-state index contributed by atoms with van der Waals surface area (Å²) >= 11 is 0. The molecule has 0 saturated heterocycles. The maximum Gasteiger partial charge on any atom is 0.220 e. The molecule has 0 saturated carbocycles. The van der Waals surface area contributed by atoms with Gasteiger partial charge in [0.05, 0.1) is 0 Å². The molecule has 4 heteroatoms. The second-order valence-corrected chi connectivity index (χ2v) is 4.07. The number of halogens is 2. The highest BCUT2D eigenvalue weighted by Crippen LogP contribution is 2.25. The fourth-order valence-corrected chi connectivity index (χ4v) is 1.24. The zero-order valence-corrected chi connectivity index (χ0v) is 8.93. The number of rotatable bonds is 0. The van der Waals surface area contributed by atoms with Crippen LogP contribution in [-0.4, -0.2) is 16.6 Å². The molecule has 1 heterocycles. The van der Waals surface area contributed by atoms with Gasteiger partial charge in [0.2, 0.25) is 5.95 Å². The van der Waals surface area contributed by atoms with Gasteiger partial charge in [-0.1, -0.05) is 26.7 Å². The first kappa shape index (κ1) is 11.6. The van der Waals surface area contributed by atoms with Gasteiger partial charge < -0.3 is 0 Å². The Kier molecular flexibility index (Phi) is 3.35. The fraction of sp³-hybridized carbons (Fsp3) is 0.455. The van der Waals surface area contributed by atoms with Crippen LogP contribution in [0.3, 0.4) is 0 Å². The highest BCUT2D eigenvalue weighted by Gasteiger charge is 2.23. The molecule has 15 heavy (non-hydrogen) atoms. The van der Waals surface area contributed by atoms with E-state index in [1.807, 2.05) is 20.8 Å². The minimum Gasteiger partial charge on any atom is -0.237 e. The second kappa shape index (κ2) is 4.35. The van der Waals surface area contributed by atoms with E-state index in [-0.39, 0.29) is 5.69 Å². The first-order chi connectivity index (χ1) is 6.96. The molecule has 0 bridgehead atoms. The monoisotopic (exact) mass is 210 g/mol. The molecule has 0 N–H and O–H groups in total. The Morgan fingerprint density at radius 2 is 2.00 bits per heavy atom. The Bertz CT molecular complexity index is 411. The number of nitrogens with zero attached hydrogens (tertiary/aromatic N) is 2. The van der Waals surface area contributed by atoms with Gasteiger partial charge in [-0.15, -0.1) is 0 Å². The zero-order valence-electron chi connectivity index (χ0n) is 8.93. The molecule has 0 aliphatic rings. The van der Waals surface area contributed by atoms with Crippen LogP contribution in [-0.2, 0) is 5.41 Å². The molecule has 1 rings (SSSR count). The Labute approximate surface area is 87.8 Å². The standard InChI is InChI=1S/C11H12F2N2/c1-11(2,3)9-8(5-4-6-12)14-7-15-10(9)13/h7H,6H2,1-3H3. The van der Waals surface area contributed by atoms with Crippen LogP contribution in [0.15, 0.2) is 6.33 Å². The van der Waals surface area contributed by atoms with Crippen LogP contribution < -0.4 is 0 Å². The van der Waals surface area contributed by atoms with Gasteiger partial charge in [-0.25, -0.2) is 14.4 Å². The summed E-state index contributed by atoms with van der Waals surface area (Å²) in [5.41, 5.74) is 0.129. The molecule has 1 aromatic rings. The molecule has 0 aliphatic heterocycles. The van der Waals surface area contributed by atoms with Crippen LogP contribution in [0.2, 0.25) is 0 Å². The van der Waals surface area contributed by atoms with E-state index in [1.54, 1.807) is 0 Å². The summed E-state index contributed by atoms with van der Waals surface area (Å²) in [7, 11) is 0. The molecule has 0 fully saturated rings. The lowest BCUT2D eigenvalue weighted by Crippen LogP contribution is -2.18. The number of alkyl halides is 1. The van der Waals surface area contributed by atoms with Crippen LogP contribution in [0.25, 0.3) is 0 Å². The molecule has 1 aromatic heterocycles. The van der Waals surface area contributed by atoms with E-state index in [0.29, 0.717) is 5.56 Å².